The highest BCUT2D eigenvalue weighted by atomic mass is 35.5. The molecule has 1 saturated heterocycles. The molecule has 8 heteroatoms. The number of hydrogen-bond acceptors (Lipinski definition) is 5. The molecule has 1 fully saturated rings. The van der Waals surface area contributed by atoms with Crippen LogP contribution < -0.4 is 10.9 Å². The molecule has 0 unspecified atom stereocenters. The van der Waals surface area contributed by atoms with Crippen LogP contribution in [-0.2, 0) is 17.9 Å². The van der Waals surface area contributed by atoms with Crippen molar-refractivity contribution >= 4 is 40.2 Å². The van der Waals surface area contributed by atoms with E-state index in [9.17, 15) is 9.59 Å². The number of hydrogen-bond donors (Lipinski definition) is 1. The zero-order valence-electron chi connectivity index (χ0n) is 20.2. The molecule has 186 valence electrons. The number of halogens is 1. The number of carbonyl (C=O) groups excluding carboxylic acids is 1. The van der Waals surface area contributed by atoms with Crippen LogP contribution >= 0.6 is 23.4 Å². The summed E-state index contributed by atoms with van der Waals surface area (Å²) in [5, 5.41) is 4.75. The number of fused-ring (bicyclic) bond motifs is 1. The summed E-state index contributed by atoms with van der Waals surface area (Å²) in [4.78, 5) is 33.2. The Morgan fingerprint density at radius 1 is 1.14 bits per heavy atom. The van der Waals surface area contributed by atoms with Gasteiger partial charge in [-0.2, -0.15) is 0 Å². The number of nitrogens with zero attached hydrogens (tertiary/aromatic N) is 3. The molecule has 1 atom stereocenters. The maximum absolute atomic E-state index is 13.3. The van der Waals surface area contributed by atoms with Gasteiger partial charge in [0.15, 0.2) is 5.16 Å². The number of amides is 1. The molecule has 2 heterocycles. The molecule has 1 amide bonds. The van der Waals surface area contributed by atoms with Crippen molar-refractivity contribution in [2.75, 3.05) is 18.8 Å². The highest BCUT2D eigenvalue weighted by molar-refractivity contribution is 7.99. The highest BCUT2D eigenvalue weighted by Crippen LogP contribution is 2.21. The molecule has 1 aliphatic heterocycles. The van der Waals surface area contributed by atoms with E-state index in [0.717, 1.165) is 25.1 Å². The van der Waals surface area contributed by atoms with Gasteiger partial charge >= 0.3 is 0 Å². The monoisotopic (exact) mass is 512 g/mol. The van der Waals surface area contributed by atoms with E-state index >= 15 is 0 Å². The maximum atomic E-state index is 13.3. The van der Waals surface area contributed by atoms with Crippen molar-refractivity contribution < 1.29 is 4.79 Å². The fourth-order valence-corrected chi connectivity index (χ4v) is 5.78. The number of para-hydroxylation sites is 1. The Balaban J connectivity index is 1.44. The van der Waals surface area contributed by atoms with Crippen molar-refractivity contribution in [3.05, 3.63) is 69.5 Å². The average molecular weight is 513 g/mol. The van der Waals surface area contributed by atoms with Crippen LogP contribution in [0.5, 0.6) is 0 Å². The minimum Gasteiger partial charge on any atom is -0.351 e. The van der Waals surface area contributed by atoms with Crippen molar-refractivity contribution in [1.29, 1.82) is 0 Å². The van der Waals surface area contributed by atoms with Crippen LogP contribution in [0.3, 0.4) is 0 Å². The van der Waals surface area contributed by atoms with Gasteiger partial charge in [0, 0.05) is 30.7 Å². The average Bonchev–Trinajstić information content (AvgIpc) is 2.88. The van der Waals surface area contributed by atoms with E-state index in [1.807, 2.05) is 48.5 Å². The van der Waals surface area contributed by atoms with E-state index in [2.05, 4.69) is 17.1 Å². The molecule has 1 N–H and O–H groups in total. The number of thioether (sulfide) groups is 1. The highest BCUT2D eigenvalue weighted by Gasteiger charge is 2.20. The van der Waals surface area contributed by atoms with Crippen molar-refractivity contribution in [1.82, 2.24) is 19.8 Å². The molecule has 1 aliphatic rings. The zero-order valence-corrected chi connectivity index (χ0v) is 21.8. The molecule has 1 aromatic heterocycles. The zero-order chi connectivity index (χ0) is 24.6. The third-order valence-electron chi connectivity index (χ3n) is 6.64. The summed E-state index contributed by atoms with van der Waals surface area (Å²) in [6, 6.07) is 15.5. The lowest BCUT2D eigenvalue weighted by Gasteiger charge is -2.35. The van der Waals surface area contributed by atoms with E-state index in [-0.39, 0.29) is 17.2 Å². The van der Waals surface area contributed by atoms with Gasteiger partial charge in [-0.25, -0.2) is 4.98 Å². The lowest BCUT2D eigenvalue weighted by molar-refractivity contribution is -0.118. The fraction of sp³-hybridized carbons (Fsp3) is 0.444. The van der Waals surface area contributed by atoms with Crippen LogP contribution in [0.25, 0.3) is 10.9 Å². The van der Waals surface area contributed by atoms with Gasteiger partial charge in [0.1, 0.15) is 0 Å². The Kier molecular flexibility index (Phi) is 9.24. The van der Waals surface area contributed by atoms with Crippen LogP contribution in [0.15, 0.2) is 58.5 Å². The molecular weight excluding hydrogens is 480 g/mol. The third-order valence-corrected chi connectivity index (χ3v) is 7.99. The van der Waals surface area contributed by atoms with Gasteiger partial charge in [0.05, 0.1) is 16.7 Å². The first kappa shape index (κ1) is 25.7. The van der Waals surface area contributed by atoms with Gasteiger partial charge in [-0.3, -0.25) is 14.2 Å². The summed E-state index contributed by atoms with van der Waals surface area (Å²) in [6.45, 7) is 5.32. The minimum atomic E-state index is -0.122. The number of piperidine rings is 1. The number of likely N-dealkylation sites (tertiary alicyclic amines) is 1. The molecular formula is C27H33ClN4O2S. The van der Waals surface area contributed by atoms with Crippen molar-refractivity contribution in [3.63, 3.8) is 0 Å². The first-order chi connectivity index (χ1) is 17.1. The van der Waals surface area contributed by atoms with E-state index in [1.165, 1.54) is 37.4 Å². The number of carbonyl (C=O) groups is 1. The van der Waals surface area contributed by atoms with Crippen molar-refractivity contribution in [2.24, 2.45) is 0 Å². The molecule has 2 aromatic carbocycles. The Labute approximate surface area is 216 Å². The van der Waals surface area contributed by atoms with Gasteiger partial charge in [0.25, 0.3) is 5.56 Å². The second-order valence-corrected chi connectivity index (χ2v) is 10.3. The third kappa shape index (κ3) is 6.66. The number of aromatic nitrogens is 2. The van der Waals surface area contributed by atoms with Crippen molar-refractivity contribution in [3.8, 4) is 0 Å². The van der Waals surface area contributed by atoms with Crippen LogP contribution in [0.2, 0.25) is 5.02 Å². The lowest BCUT2D eigenvalue weighted by Crippen LogP contribution is -2.40. The summed E-state index contributed by atoms with van der Waals surface area (Å²) in [7, 11) is 0. The Hall–Kier alpha value is -2.35. The normalized spacial score (nSPS) is 16.5. The van der Waals surface area contributed by atoms with Gasteiger partial charge in [-0.05, 0) is 56.0 Å². The van der Waals surface area contributed by atoms with Gasteiger partial charge in [-0.1, -0.05) is 67.0 Å². The molecule has 3 aromatic rings. The van der Waals surface area contributed by atoms with Crippen LogP contribution in [0, 0.1) is 0 Å². The van der Waals surface area contributed by atoms with Gasteiger partial charge < -0.3 is 10.2 Å². The second-order valence-electron chi connectivity index (χ2n) is 8.97. The Bertz CT molecular complexity index is 1220. The predicted octanol–water partition coefficient (Wildman–Crippen LogP) is 5.11. The van der Waals surface area contributed by atoms with Crippen LogP contribution in [-0.4, -0.2) is 45.2 Å². The maximum Gasteiger partial charge on any atom is 0.262 e. The standard InChI is InChI=1S/C27H33ClN4O2S/c1-2-21-11-7-8-15-31(21)16-9-17-32-26(34)22-12-4-6-14-24(22)30-27(32)35-19-25(33)29-18-20-10-3-5-13-23(20)28/h3-6,10,12-14,21H,2,7-9,11,15-19H2,1H3,(H,29,33)/t21-/m0/s1. The number of nitrogens with one attached hydrogen (secondary N) is 1. The van der Waals surface area contributed by atoms with E-state index in [4.69, 9.17) is 16.6 Å². The van der Waals surface area contributed by atoms with E-state index in [1.54, 1.807) is 4.57 Å². The summed E-state index contributed by atoms with van der Waals surface area (Å²) in [5.74, 6) is 0.0576. The molecule has 0 radical (unpaired) electrons. The molecule has 0 saturated carbocycles. The molecule has 4 rings (SSSR count). The second kappa shape index (κ2) is 12.6. The lowest BCUT2D eigenvalue weighted by atomic mass is 10.00. The quantitative estimate of drug-likeness (QED) is 0.302. The topological polar surface area (TPSA) is 67.2 Å². The SMILES string of the molecule is CC[C@H]1CCCCN1CCCn1c(SCC(=O)NCc2ccccc2Cl)nc2ccccc2c1=O. The van der Waals surface area contributed by atoms with Gasteiger partial charge in [-0.15, -0.1) is 0 Å². The van der Waals surface area contributed by atoms with Crippen molar-refractivity contribution in [2.45, 2.75) is 63.3 Å². The minimum absolute atomic E-state index is 0.0414. The largest absolute Gasteiger partial charge is 0.351 e. The first-order valence-corrected chi connectivity index (χ1v) is 13.8. The Morgan fingerprint density at radius 3 is 2.77 bits per heavy atom. The number of rotatable bonds is 10. The summed E-state index contributed by atoms with van der Waals surface area (Å²) < 4.78 is 1.75. The predicted molar refractivity (Wildman–Crippen MR) is 144 cm³/mol. The fourth-order valence-electron chi connectivity index (χ4n) is 4.72. The molecule has 0 aliphatic carbocycles. The Morgan fingerprint density at radius 2 is 1.94 bits per heavy atom. The number of benzene rings is 2. The first-order valence-electron chi connectivity index (χ1n) is 12.4. The smallest absolute Gasteiger partial charge is 0.262 e. The summed E-state index contributed by atoms with van der Waals surface area (Å²) in [5.41, 5.74) is 1.49. The van der Waals surface area contributed by atoms with E-state index < -0.39 is 0 Å². The van der Waals surface area contributed by atoms with Gasteiger partial charge in [0.2, 0.25) is 5.91 Å². The van der Waals surface area contributed by atoms with E-state index in [0.29, 0.717) is 40.2 Å². The summed E-state index contributed by atoms with van der Waals surface area (Å²) in [6.07, 6.45) is 5.86. The van der Waals surface area contributed by atoms with Crippen LogP contribution in [0.4, 0.5) is 0 Å². The molecule has 35 heavy (non-hydrogen) atoms. The molecule has 0 spiro atoms. The summed E-state index contributed by atoms with van der Waals surface area (Å²) >= 11 is 7.50. The van der Waals surface area contributed by atoms with Crippen LogP contribution in [0.1, 0.15) is 44.6 Å². The molecule has 6 nitrogen and oxygen atoms in total. The molecule has 0 bridgehead atoms.